The number of anilines is 1. The Morgan fingerprint density at radius 3 is 2.62 bits per heavy atom. The van der Waals surface area contributed by atoms with Gasteiger partial charge in [-0.2, -0.15) is 5.26 Å². The molecule has 0 spiro atoms. The third-order valence-electron chi connectivity index (χ3n) is 8.73. The quantitative estimate of drug-likeness (QED) is 0.304. The van der Waals surface area contributed by atoms with Gasteiger partial charge in [-0.1, -0.05) is 29.8 Å². The Morgan fingerprint density at radius 1 is 1.05 bits per heavy atom. The lowest BCUT2D eigenvalue weighted by Crippen LogP contribution is -2.40. The van der Waals surface area contributed by atoms with E-state index in [9.17, 15) is 5.26 Å². The molecule has 0 unspecified atom stereocenters. The van der Waals surface area contributed by atoms with Crippen LogP contribution in [0.15, 0.2) is 60.8 Å². The zero-order valence-electron chi connectivity index (χ0n) is 22.6. The molecule has 2 aliphatic rings. The summed E-state index contributed by atoms with van der Waals surface area (Å²) in [7, 11) is 1.89. The number of piperidine rings is 1. The highest BCUT2D eigenvalue weighted by Crippen LogP contribution is 2.35. The molecule has 0 aliphatic carbocycles. The number of nitrogens with one attached hydrogen (secondary N) is 2. The molecule has 4 heterocycles. The van der Waals surface area contributed by atoms with E-state index in [1.54, 1.807) is 0 Å². The minimum atomic E-state index is 0.331. The van der Waals surface area contributed by atoms with Gasteiger partial charge in [0, 0.05) is 36.6 Å². The molecule has 7 rings (SSSR count). The minimum absolute atomic E-state index is 0.331. The van der Waals surface area contributed by atoms with Gasteiger partial charge in [0.1, 0.15) is 6.07 Å². The summed E-state index contributed by atoms with van der Waals surface area (Å²) in [6.45, 7) is 5.05. The summed E-state index contributed by atoms with van der Waals surface area (Å²) in [5, 5.41) is 24.7. The molecule has 2 aromatic heterocycles. The first-order chi connectivity index (χ1) is 19.4. The van der Waals surface area contributed by atoms with Gasteiger partial charge >= 0.3 is 0 Å². The van der Waals surface area contributed by atoms with E-state index in [0.29, 0.717) is 28.2 Å². The first-order valence-electron chi connectivity index (χ1n) is 13.8. The van der Waals surface area contributed by atoms with Gasteiger partial charge in [-0.05, 0) is 85.3 Å². The van der Waals surface area contributed by atoms with E-state index < -0.39 is 0 Å². The van der Waals surface area contributed by atoms with E-state index in [1.165, 1.54) is 12.8 Å². The fraction of sp³-hybridized carbons (Fsp3) is 0.281. The summed E-state index contributed by atoms with van der Waals surface area (Å²) in [6, 6.07) is 21.1. The molecule has 7 nitrogen and oxygen atoms in total. The van der Waals surface area contributed by atoms with Crippen molar-refractivity contribution in [1.82, 2.24) is 19.4 Å². The van der Waals surface area contributed by atoms with Crippen LogP contribution >= 0.6 is 11.6 Å². The summed E-state index contributed by atoms with van der Waals surface area (Å²) in [5.41, 5.74) is 8.57. The maximum atomic E-state index is 10.3. The van der Waals surface area contributed by atoms with Crippen LogP contribution in [0.4, 0.5) is 5.69 Å². The smallest absolute Gasteiger partial charge is 0.207 e. The normalized spacial score (nSPS) is 18.8. The average molecular weight is 548 g/mol. The summed E-state index contributed by atoms with van der Waals surface area (Å²) in [6.07, 6.45) is 4.28. The fourth-order valence-corrected chi connectivity index (χ4v) is 6.72. The number of imidazole rings is 1. The second kappa shape index (κ2) is 9.51. The van der Waals surface area contributed by atoms with Gasteiger partial charge in [0.15, 0.2) is 0 Å². The molecule has 2 atom stereocenters. The van der Waals surface area contributed by atoms with E-state index in [2.05, 4.69) is 41.4 Å². The van der Waals surface area contributed by atoms with Crippen LogP contribution in [-0.4, -0.2) is 39.8 Å². The Kier molecular flexibility index (Phi) is 5.92. The standard InChI is InChI=1S/C32H30ClN7/c1-19-12-29(39-17-22-4-3-11-36-27(22)18-39)23(15-34)14-28(19)40-31-25-13-21(20-5-8-24(33)9-6-20)7-10-26(25)37-16-30(31)38(2)32(40)35/h5-10,12-14,16,22,27,35-36H,3-4,11,17-18H2,1-2H3/t22-,27+/m0/s1. The summed E-state index contributed by atoms with van der Waals surface area (Å²) < 4.78 is 3.82. The van der Waals surface area contributed by atoms with Crippen LogP contribution in [0.1, 0.15) is 24.0 Å². The highest BCUT2D eigenvalue weighted by atomic mass is 35.5. The van der Waals surface area contributed by atoms with Crippen LogP contribution in [0.5, 0.6) is 0 Å². The molecule has 2 saturated heterocycles. The number of aromatic nitrogens is 3. The van der Waals surface area contributed by atoms with Gasteiger partial charge < -0.3 is 14.8 Å². The average Bonchev–Trinajstić information content (AvgIpc) is 3.52. The van der Waals surface area contributed by atoms with E-state index in [1.807, 2.05) is 58.8 Å². The largest absolute Gasteiger partial charge is 0.369 e. The lowest BCUT2D eigenvalue weighted by molar-refractivity contribution is 0.340. The molecule has 3 aromatic carbocycles. The number of halogens is 1. The van der Waals surface area contributed by atoms with E-state index in [-0.39, 0.29) is 0 Å². The lowest BCUT2D eigenvalue weighted by atomic mass is 9.94. The first kappa shape index (κ1) is 24.9. The Morgan fingerprint density at radius 2 is 1.85 bits per heavy atom. The van der Waals surface area contributed by atoms with E-state index in [4.69, 9.17) is 22.0 Å². The van der Waals surface area contributed by atoms with Crippen LogP contribution in [0.3, 0.4) is 0 Å². The zero-order valence-corrected chi connectivity index (χ0v) is 23.3. The molecule has 2 aliphatic heterocycles. The van der Waals surface area contributed by atoms with Crippen LogP contribution < -0.4 is 15.8 Å². The number of aryl methyl sites for hydroxylation is 2. The number of nitrogens with zero attached hydrogens (tertiary/aromatic N) is 5. The molecular weight excluding hydrogens is 518 g/mol. The minimum Gasteiger partial charge on any atom is -0.369 e. The van der Waals surface area contributed by atoms with Crippen molar-refractivity contribution < 1.29 is 0 Å². The summed E-state index contributed by atoms with van der Waals surface area (Å²) >= 11 is 6.14. The number of pyridine rings is 1. The SMILES string of the molecule is Cc1cc(N2C[C@@H]3CCCN[C@@H]3C2)c(C#N)cc1-n1c(=N)n(C)c2cnc3ccc(-c4ccc(Cl)cc4)cc3c21. The van der Waals surface area contributed by atoms with E-state index in [0.717, 1.165) is 69.6 Å². The number of rotatable bonds is 3. The van der Waals surface area contributed by atoms with Crippen molar-refractivity contribution >= 4 is 39.2 Å². The number of hydrogen-bond acceptors (Lipinski definition) is 5. The second-order valence-electron chi connectivity index (χ2n) is 11.1. The van der Waals surface area contributed by atoms with Crippen molar-refractivity contribution in [3.05, 3.63) is 82.6 Å². The van der Waals surface area contributed by atoms with Crippen LogP contribution in [0.2, 0.25) is 5.02 Å². The fourth-order valence-electron chi connectivity index (χ4n) is 6.59. The molecule has 2 fully saturated rings. The molecule has 0 radical (unpaired) electrons. The molecule has 0 saturated carbocycles. The molecule has 0 amide bonds. The number of hydrogen-bond donors (Lipinski definition) is 2. The van der Waals surface area contributed by atoms with Crippen molar-refractivity contribution in [2.24, 2.45) is 13.0 Å². The lowest BCUT2D eigenvalue weighted by Gasteiger charge is -2.24. The van der Waals surface area contributed by atoms with Crippen molar-refractivity contribution in [2.45, 2.75) is 25.8 Å². The topological polar surface area (TPSA) is 85.7 Å². The summed E-state index contributed by atoms with van der Waals surface area (Å²) in [5.74, 6) is 0.626. The second-order valence-corrected chi connectivity index (χ2v) is 11.5. The Balaban J connectivity index is 1.41. The molecule has 0 bridgehead atoms. The van der Waals surface area contributed by atoms with Crippen LogP contribution in [-0.2, 0) is 7.05 Å². The predicted octanol–water partition coefficient (Wildman–Crippen LogP) is 5.69. The van der Waals surface area contributed by atoms with Gasteiger partial charge in [0.2, 0.25) is 5.62 Å². The molecule has 200 valence electrons. The predicted molar refractivity (Wildman–Crippen MR) is 160 cm³/mol. The molecule has 40 heavy (non-hydrogen) atoms. The van der Waals surface area contributed by atoms with Crippen molar-refractivity contribution in [2.75, 3.05) is 24.5 Å². The maximum Gasteiger partial charge on any atom is 0.207 e. The highest BCUT2D eigenvalue weighted by Gasteiger charge is 2.35. The van der Waals surface area contributed by atoms with Gasteiger partial charge in [-0.25, -0.2) is 0 Å². The molecular formula is C32H30ClN7. The summed E-state index contributed by atoms with van der Waals surface area (Å²) in [4.78, 5) is 7.09. The monoisotopic (exact) mass is 547 g/mol. The van der Waals surface area contributed by atoms with Gasteiger partial charge in [0.25, 0.3) is 0 Å². The Bertz CT molecular complexity index is 1880. The van der Waals surface area contributed by atoms with Crippen LogP contribution in [0, 0.1) is 29.6 Å². The Labute approximate surface area is 237 Å². The highest BCUT2D eigenvalue weighted by molar-refractivity contribution is 6.30. The van der Waals surface area contributed by atoms with Crippen LogP contribution in [0.25, 0.3) is 38.8 Å². The van der Waals surface area contributed by atoms with Gasteiger partial charge in [-0.3, -0.25) is 15.0 Å². The van der Waals surface area contributed by atoms with Crippen molar-refractivity contribution in [3.63, 3.8) is 0 Å². The number of fused-ring (bicyclic) bond motifs is 4. The number of nitriles is 1. The third kappa shape index (κ3) is 3.90. The first-order valence-corrected chi connectivity index (χ1v) is 14.1. The zero-order chi connectivity index (χ0) is 27.5. The number of benzene rings is 3. The molecule has 2 N–H and O–H groups in total. The third-order valence-corrected chi connectivity index (χ3v) is 8.98. The van der Waals surface area contributed by atoms with Gasteiger partial charge in [-0.15, -0.1) is 0 Å². The van der Waals surface area contributed by atoms with Crippen molar-refractivity contribution in [1.29, 1.82) is 10.7 Å². The molecule has 5 aromatic rings. The maximum absolute atomic E-state index is 10.3. The Hall–Kier alpha value is -4.12. The van der Waals surface area contributed by atoms with E-state index >= 15 is 0 Å². The molecule has 8 heteroatoms. The van der Waals surface area contributed by atoms with Gasteiger partial charge in [0.05, 0.1) is 39.7 Å². The van der Waals surface area contributed by atoms with Crippen molar-refractivity contribution in [3.8, 4) is 22.9 Å².